The molecule has 1 aromatic rings. The highest BCUT2D eigenvalue weighted by Crippen LogP contribution is 2.28. The minimum absolute atomic E-state index is 0.156. The van der Waals surface area contributed by atoms with Crippen molar-refractivity contribution in [2.24, 2.45) is 5.73 Å². The topological polar surface area (TPSA) is 38.5 Å². The Kier molecular flexibility index (Phi) is 3.75. The molecular formula is C11H15BrN2O. The van der Waals surface area contributed by atoms with E-state index in [4.69, 9.17) is 10.6 Å². The first-order valence-electron chi connectivity index (χ1n) is 5.17. The van der Waals surface area contributed by atoms with Crippen LogP contribution in [-0.2, 0) is 4.84 Å². The van der Waals surface area contributed by atoms with E-state index in [2.05, 4.69) is 22.0 Å². The van der Waals surface area contributed by atoms with Crippen LogP contribution in [0.2, 0.25) is 0 Å². The van der Waals surface area contributed by atoms with Gasteiger partial charge in [-0.15, -0.1) is 0 Å². The summed E-state index contributed by atoms with van der Waals surface area (Å²) in [6.45, 7) is 2.34. The fourth-order valence-corrected chi connectivity index (χ4v) is 2.41. The van der Waals surface area contributed by atoms with Crippen molar-refractivity contribution >= 4 is 15.9 Å². The predicted octanol–water partition coefficient (Wildman–Crippen LogP) is 2.09. The van der Waals surface area contributed by atoms with E-state index >= 15 is 0 Å². The van der Waals surface area contributed by atoms with Gasteiger partial charge >= 0.3 is 0 Å². The van der Waals surface area contributed by atoms with Gasteiger partial charge in [0.1, 0.15) is 0 Å². The van der Waals surface area contributed by atoms with Gasteiger partial charge < -0.3 is 5.73 Å². The van der Waals surface area contributed by atoms with E-state index < -0.39 is 0 Å². The maximum atomic E-state index is 5.81. The van der Waals surface area contributed by atoms with Gasteiger partial charge in [0, 0.05) is 17.6 Å². The average molecular weight is 271 g/mol. The molecule has 2 N–H and O–H groups in total. The van der Waals surface area contributed by atoms with Gasteiger partial charge in [0.15, 0.2) is 0 Å². The molecule has 0 saturated carbocycles. The number of nitrogens with zero attached hydrogens (tertiary/aromatic N) is 1. The first-order valence-corrected chi connectivity index (χ1v) is 5.96. The highest BCUT2D eigenvalue weighted by molar-refractivity contribution is 9.10. The standard InChI is InChI=1S/C11H15BrN2O/c12-10-5-2-1-4-9(10)11(8-13)14-6-3-7-15-14/h1-2,4-5,11H,3,6-8,13H2. The SMILES string of the molecule is NCC(c1ccccc1Br)N1CCCO1. The normalized spacial score (nSPS) is 19.3. The zero-order chi connectivity index (χ0) is 10.7. The van der Waals surface area contributed by atoms with E-state index in [1.807, 2.05) is 23.3 Å². The molecule has 1 aromatic carbocycles. The number of rotatable bonds is 3. The number of hydroxylamine groups is 2. The van der Waals surface area contributed by atoms with Crippen molar-refractivity contribution in [3.05, 3.63) is 34.3 Å². The fourth-order valence-electron chi connectivity index (χ4n) is 1.86. The Morgan fingerprint density at radius 3 is 2.87 bits per heavy atom. The summed E-state index contributed by atoms with van der Waals surface area (Å²) in [6, 6.07) is 8.31. The van der Waals surface area contributed by atoms with Gasteiger partial charge in [0.2, 0.25) is 0 Å². The smallest absolute Gasteiger partial charge is 0.0735 e. The molecule has 15 heavy (non-hydrogen) atoms. The van der Waals surface area contributed by atoms with Crippen LogP contribution in [0.3, 0.4) is 0 Å². The van der Waals surface area contributed by atoms with Gasteiger partial charge in [-0.2, -0.15) is 5.06 Å². The van der Waals surface area contributed by atoms with Crippen LogP contribution in [0, 0.1) is 0 Å². The van der Waals surface area contributed by atoms with E-state index in [1.165, 1.54) is 5.56 Å². The van der Waals surface area contributed by atoms with E-state index in [1.54, 1.807) is 0 Å². The van der Waals surface area contributed by atoms with Gasteiger partial charge in [-0.1, -0.05) is 34.1 Å². The molecule has 82 valence electrons. The second kappa shape index (κ2) is 5.07. The van der Waals surface area contributed by atoms with Gasteiger partial charge in [-0.25, -0.2) is 0 Å². The number of benzene rings is 1. The summed E-state index contributed by atoms with van der Waals surface area (Å²) in [5.41, 5.74) is 7.01. The zero-order valence-corrected chi connectivity index (χ0v) is 10.1. The quantitative estimate of drug-likeness (QED) is 0.914. The molecule has 0 bridgehead atoms. The minimum Gasteiger partial charge on any atom is -0.329 e. The van der Waals surface area contributed by atoms with Crippen LogP contribution in [0.4, 0.5) is 0 Å². The molecule has 3 nitrogen and oxygen atoms in total. The van der Waals surface area contributed by atoms with Crippen LogP contribution in [0.5, 0.6) is 0 Å². The number of hydrogen-bond donors (Lipinski definition) is 1. The Hall–Kier alpha value is -0.420. The summed E-state index contributed by atoms with van der Waals surface area (Å²) < 4.78 is 1.09. The third-order valence-electron chi connectivity index (χ3n) is 2.62. The molecule has 0 spiro atoms. The Morgan fingerprint density at radius 2 is 2.27 bits per heavy atom. The highest BCUT2D eigenvalue weighted by atomic mass is 79.9. The number of halogens is 1. The Labute approximate surface area is 98.3 Å². The molecular weight excluding hydrogens is 256 g/mol. The third kappa shape index (κ3) is 2.39. The molecule has 1 fully saturated rings. The van der Waals surface area contributed by atoms with Crippen molar-refractivity contribution in [1.82, 2.24) is 5.06 Å². The van der Waals surface area contributed by atoms with Crippen molar-refractivity contribution < 1.29 is 4.84 Å². The van der Waals surface area contributed by atoms with Crippen molar-refractivity contribution in [3.8, 4) is 0 Å². The fraction of sp³-hybridized carbons (Fsp3) is 0.455. The van der Waals surface area contributed by atoms with Crippen LogP contribution in [0.15, 0.2) is 28.7 Å². The molecule has 1 atom stereocenters. The Morgan fingerprint density at radius 1 is 1.47 bits per heavy atom. The summed E-state index contributed by atoms with van der Waals surface area (Å²) in [5.74, 6) is 0. The van der Waals surface area contributed by atoms with Crippen LogP contribution < -0.4 is 5.73 Å². The molecule has 1 saturated heterocycles. The summed E-state index contributed by atoms with van der Waals surface area (Å²) in [5, 5.41) is 1.99. The molecule has 4 heteroatoms. The Balaban J connectivity index is 2.22. The molecule has 0 radical (unpaired) electrons. The Bertz CT molecular complexity index is 326. The molecule has 0 aromatic heterocycles. The largest absolute Gasteiger partial charge is 0.329 e. The van der Waals surface area contributed by atoms with Gasteiger partial charge in [0.25, 0.3) is 0 Å². The zero-order valence-electron chi connectivity index (χ0n) is 8.53. The number of nitrogens with two attached hydrogens (primary N) is 1. The molecule has 1 aliphatic heterocycles. The lowest BCUT2D eigenvalue weighted by Gasteiger charge is -2.25. The lowest BCUT2D eigenvalue weighted by atomic mass is 10.1. The van der Waals surface area contributed by atoms with E-state index in [-0.39, 0.29) is 6.04 Å². The second-order valence-electron chi connectivity index (χ2n) is 3.60. The van der Waals surface area contributed by atoms with E-state index in [9.17, 15) is 0 Å². The summed E-state index contributed by atoms with van der Waals surface area (Å²) in [7, 11) is 0. The lowest BCUT2D eigenvalue weighted by Crippen LogP contribution is -2.30. The van der Waals surface area contributed by atoms with Crippen LogP contribution in [-0.4, -0.2) is 24.8 Å². The predicted molar refractivity (Wildman–Crippen MR) is 63.2 cm³/mol. The maximum Gasteiger partial charge on any atom is 0.0735 e. The summed E-state index contributed by atoms with van der Waals surface area (Å²) in [6.07, 6.45) is 1.08. The van der Waals surface area contributed by atoms with Crippen LogP contribution in [0.1, 0.15) is 18.0 Å². The minimum atomic E-state index is 0.156. The van der Waals surface area contributed by atoms with Crippen molar-refractivity contribution in [3.63, 3.8) is 0 Å². The maximum absolute atomic E-state index is 5.81. The first-order chi connectivity index (χ1) is 7.33. The lowest BCUT2D eigenvalue weighted by molar-refractivity contribution is -0.140. The molecule has 0 aliphatic carbocycles. The van der Waals surface area contributed by atoms with E-state index in [0.29, 0.717) is 6.54 Å². The monoisotopic (exact) mass is 270 g/mol. The van der Waals surface area contributed by atoms with Gasteiger partial charge in [0.05, 0.1) is 12.6 Å². The molecule has 1 unspecified atom stereocenters. The van der Waals surface area contributed by atoms with Crippen molar-refractivity contribution in [2.75, 3.05) is 19.7 Å². The van der Waals surface area contributed by atoms with Crippen molar-refractivity contribution in [1.29, 1.82) is 0 Å². The van der Waals surface area contributed by atoms with Gasteiger partial charge in [-0.3, -0.25) is 4.84 Å². The van der Waals surface area contributed by atoms with Crippen LogP contribution in [0.25, 0.3) is 0 Å². The summed E-state index contributed by atoms with van der Waals surface area (Å²) in [4.78, 5) is 5.55. The van der Waals surface area contributed by atoms with Crippen LogP contribution >= 0.6 is 15.9 Å². The highest BCUT2D eigenvalue weighted by Gasteiger charge is 2.24. The molecule has 0 amide bonds. The average Bonchev–Trinajstić information content (AvgIpc) is 2.75. The first kappa shape index (κ1) is 11.1. The summed E-state index contributed by atoms with van der Waals surface area (Å²) >= 11 is 3.55. The van der Waals surface area contributed by atoms with E-state index in [0.717, 1.165) is 24.0 Å². The van der Waals surface area contributed by atoms with Crippen molar-refractivity contribution in [2.45, 2.75) is 12.5 Å². The second-order valence-corrected chi connectivity index (χ2v) is 4.45. The molecule has 2 rings (SSSR count). The number of hydrogen-bond acceptors (Lipinski definition) is 3. The molecule has 1 aliphatic rings. The third-order valence-corrected chi connectivity index (χ3v) is 3.34. The molecule has 1 heterocycles. The van der Waals surface area contributed by atoms with Gasteiger partial charge in [-0.05, 0) is 18.1 Å².